The average Bonchev–Trinajstić information content (AvgIpc) is 3.55. The monoisotopic (exact) mass is 566 g/mol. The maximum atomic E-state index is 14.1. The summed E-state index contributed by atoms with van der Waals surface area (Å²) >= 11 is 0. The Kier molecular flexibility index (Phi) is 5.71. The van der Waals surface area contributed by atoms with Crippen molar-refractivity contribution in [3.05, 3.63) is 156 Å². The van der Waals surface area contributed by atoms with Gasteiger partial charge in [0, 0.05) is 28.7 Å². The number of nitrogens with zero attached hydrogens (tertiary/aromatic N) is 4. The molecule has 0 saturated heterocycles. The number of anilines is 1. The number of amides is 2. The van der Waals surface area contributed by atoms with Gasteiger partial charge < -0.3 is 4.57 Å². The van der Waals surface area contributed by atoms with Gasteiger partial charge in [-0.3, -0.25) is 14.6 Å². The van der Waals surface area contributed by atoms with E-state index in [0.29, 0.717) is 28.2 Å². The summed E-state index contributed by atoms with van der Waals surface area (Å²) in [4.78, 5) is 37.1. The molecule has 0 aliphatic carbocycles. The highest BCUT2D eigenvalue weighted by atomic mass is 16.2. The number of hydrogen-bond acceptors (Lipinski definition) is 3. The van der Waals surface area contributed by atoms with E-state index in [1.165, 1.54) is 4.90 Å². The van der Waals surface area contributed by atoms with Gasteiger partial charge in [-0.1, -0.05) is 72.8 Å². The number of carbonyl (C=O) groups excluding carboxylic acids is 2. The molecule has 44 heavy (non-hydrogen) atoms. The number of rotatable bonds is 4. The van der Waals surface area contributed by atoms with Gasteiger partial charge in [-0.2, -0.15) is 0 Å². The molecule has 7 aromatic rings. The summed E-state index contributed by atoms with van der Waals surface area (Å²) in [5.41, 5.74) is 7.97. The molecule has 6 nitrogen and oxygen atoms in total. The highest BCUT2D eigenvalue weighted by Gasteiger charge is 2.39. The van der Waals surface area contributed by atoms with Crippen LogP contribution in [-0.2, 0) is 0 Å². The van der Waals surface area contributed by atoms with Crippen molar-refractivity contribution in [2.24, 2.45) is 0 Å². The summed E-state index contributed by atoms with van der Waals surface area (Å²) in [5.74, 6) is -0.696. The molecule has 0 unspecified atom stereocenters. The Bertz CT molecular complexity index is 2330. The predicted octanol–water partition coefficient (Wildman–Crippen LogP) is 8.86. The first-order valence-corrected chi connectivity index (χ1v) is 14.2. The van der Waals surface area contributed by atoms with Gasteiger partial charge in [0.15, 0.2) is 5.69 Å². The fourth-order valence-electron chi connectivity index (χ4n) is 6.23. The fraction of sp³-hybridized carbons (Fsp3) is 0. The Balaban J connectivity index is 1.27. The van der Waals surface area contributed by atoms with Gasteiger partial charge >= 0.3 is 0 Å². The largest absolute Gasteiger partial charge is 0.308 e. The van der Waals surface area contributed by atoms with Crippen molar-refractivity contribution in [2.45, 2.75) is 0 Å². The molecule has 0 bridgehead atoms. The molecule has 5 aromatic carbocycles. The number of benzene rings is 5. The zero-order valence-electron chi connectivity index (χ0n) is 23.3. The van der Waals surface area contributed by atoms with Crippen LogP contribution in [-0.4, -0.2) is 21.4 Å². The summed E-state index contributed by atoms with van der Waals surface area (Å²) in [6.45, 7) is 7.61. The quantitative estimate of drug-likeness (QED) is 0.158. The Hall–Kier alpha value is -6.32. The lowest BCUT2D eigenvalue weighted by Gasteiger charge is -2.15. The van der Waals surface area contributed by atoms with Gasteiger partial charge in [0.25, 0.3) is 11.8 Å². The van der Waals surface area contributed by atoms with Crippen LogP contribution in [0.4, 0.5) is 11.4 Å². The van der Waals surface area contributed by atoms with Gasteiger partial charge in [-0.05, 0) is 65.2 Å². The second kappa shape index (κ2) is 9.90. The van der Waals surface area contributed by atoms with Crippen LogP contribution >= 0.6 is 0 Å². The topological polar surface area (TPSA) is 59.6 Å². The van der Waals surface area contributed by atoms with Gasteiger partial charge in [0.05, 0.1) is 40.1 Å². The number of carbonyl (C=O) groups is 2. The third-order valence-corrected chi connectivity index (χ3v) is 8.27. The van der Waals surface area contributed by atoms with Crippen LogP contribution in [0.25, 0.3) is 54.6 Å². The van der Waals surface area contributed by atoms with Crippen molar-refractivity contribution in [3.8, 4) is 27.9 Å². The summed E-state index contributed by atoms with van der Waals surface area (Å²) in [6, 6.07) is 38.7. The van der Waals surface area contributed by atoms with Crippen molar-refractivity contribution in [1.29, 1.82) is 0 Å². The molecule has 6 heteroatoms. The highest BCUT2D eigenvalue weighted by Crippen LogP contribution is 2.40. The summed E-state index contributed by atoms with van der Waals surface area (Å²) < 4.78 is 2.06. The van der Waals surface area contributed by atoms with Crippen molar-refractivity contribution < 1.29 is 9.59 Å². The van der Waals surface area contributed by atoms with E-state index in [0.717, 1.165) is 44.1 Å². The lowest BCUT2D eigenvalue weighted by Crippen LogP contribution is -2.29. The summed E-state index contributed by atoms with van der Waals surface area (Å²) in [6.07, 6.45) is 3.33. The maximum absolute atomic E-state index is 14.1. The first-order valence-electron chi connectivity index (χ1n) is 14.2. The number of para-hydroxylation sites is 1. The van der Waals surface area contributed by atoms with Gasteiger partial charge in [0.2, 0.25) is 0 Å². The lowest BCUT2D eigenvalue weighted by molar-refractivity contribution is 0.0926. The van der Waals surface area contributed by atoms with Gasteiger partial charge in [-0.25, -0.2) is 9.74 Å². The van der Waals surface area contributed by atoms with E-state index in [9.17, 15) is 9.59 Å². The van der Waals surface area contributed by atoms with Gasteiger partial charge in [0.1, 0.15) is 0 Å². The van der Waals surface area contributed by atoms with Crippen LogP contribution in [0.15, 0.2) is 134 Å². The normalized spacial score (nSPS) is 12.6. The molecular weight excluding hydrogens is 544 g/mol. The minimum Gasteiger partial charge on any atom is -0.308 e. The van der Waals surface area contributed by atoms with Gasteiger partial charge in [-0.15, -0.1) is 0 Å². The minimum absolute atomic E-state index is 0.342. The van der Waals surface area contributed by atoms with Crippen LogP contribution in [0.1, 0.15) is 20.7 Å². The molecule has 2 amide bonds. The molecule has 8 rings (SSSR count). The molecule has 206 valence electrons. The van der Waals surface area contributed by atoms with E-state index in [1.807, 2.05) is 103 Å². The number of fused-ring (bicyclic) bond motifs is 4. The van der Waals surface area contributed by atoms with Crippen molar-refractivity contribution in [1.82, 2.24) is 9.55 Å². The van der Waals surface area contributed by atoms with E-state index in [2.05, 4.69) is 20.5 Å². The van der Waals surface area contributed by atoms with Crippen LogP contribution in [0, 0.1) is 6.57 Å². The Morgan fingerprint density at radius 2 is 1.34 bits per heavy atom. The van der Waals surface area contributed by atoms with E-state index in [-0.39, 0.29) is 11.8 Å². The SMILES string of the molecule is [C-]#[N+]c1ccncc1-c1ccc2c(c1)c1ccccc1n2-c1cccc2c1C(=O)N(c1ccc(-c3ccccc3)cc1)C2=O. The fourth-order valence-corrected chi connectivity index (χ4v) is 6.23. The zero-order chi connectivity index (χ0) is 29.8. The van der Waals surface area contributed by atoms with Crippen molar-refractivity contribution >= 4 is 45.0 Å². The molecule has 2 aromatic heterocycles. The Morgan fingerprint density at radius 3 is 2.16 bits per heavy atom. The third-order valence-electron chi connectivity index (χ3n) is 8.27. The Labute approximate surface area is 252 Å². The number of pyridine rings is 1. The molecule has 0 fully saturated rings. The molecule has 0 spiro atoms. The molecule has 1 aliphatic rings. The zero-order valence-corrected chi connectivity index (χ0v) is 23.3. The first kappa shape index (κ1) is 25.4. The van der Waals surface area contributed by atoms with Crippen LogP contribution < -0.4 is 4.90 Å². The van der Waals surface area contributed by atoms with Crippen molar-refractivity contribution in [3.63, 3.8) is 0 Å². The van der Waals surface area contributed by atoms with E-state index < -0.39 is 0 Å². The first-order chi connectivity index (χ1) is 21.6. The second-order valence-electron chi connectivity index (χ2n) is 10.6. The third kappa shape index (κ3) is 3.77. The summed E-state index contributed by atoms with van der Waals surface area (Å²) in [5, 5.41) is 1.97. The number of hydrogen-bond donors (Lipinski definition) is 0. The molecule has 0 N–H and O–H groups in total. The molecule has 0 saturated carbocycles. The van der Waals surface area contributed by atoms with E-state index in [4.69, 9.17) is 6.57 Å². The summed E-state index contributed by atoms with van der Waals surface area (Å²) in [7, 11) is 0. The highest BCUT2D eigenvalue weighted by molar-refractivity contribution is 6.35. The van der Waals surface area contributed by atoms with Crippen LogP contribution in [0.3, 0.4) is 0 Å². The maximum Gasteiger partial charge on any atom is 0.268 e. The van der Waals surface area contributed by atoms with Crippen LogP contribution in [0.2, 0.25) is 0 Å². The number of imide groups is 1. The average molecular weight is 567 g/mol. The molecule has 0 atom stereocenters. The second-order valence-corrected chi connectivity index (χ2v) is 10.6. The molecule has 0 radical (unpaired) electrons. The Morgan fingerprint density at radius 1 is 0.614 bits per heavy atom. The van der Waals surface area contributed by atoms with Crippen molar-refractivity contribution in [2.75, 3.05) is 4.90 Å². The molecule has 3 heterocycles. The lowest BCUT2D eigenvalue weighted by atomic mass is 10.0. The van der Waals surface area contributed by atoms with Crippen LogP contribution in [0.5, 0.6) is 0 Å². The molecular formula is C38H22N4O2. The number of aromatic nitrogens is 2. The van der Waals surface area contributed by atoms with E-state index in [1.54, 1.807) is 24.5 Å². The standard InChI is InChI=1S/C38H22N4O2/c1-39-32-20-21-40-23-31(32)26-16-19-34-30(22-26)28-10-5-6-12-33(28)42(34)35-13-7-11-29-36(35)38(44)41(37(29)43)27-17-14-25(15-18-27)24-8-3-2-4-9-24/h2-23H. The predicted molar refractivity (Wildman–Crippen MR) is 173 cm³/mol. The van der Waals surface area contributed by atoms with E-state index >= 15 is 0 Å². The smallest absolute Gasteiger partial charge is 0.268 e. The minimum atomic E-state index is -0.354. The molecule has 1 aliphatic heterocycles.